The Bertz CT molecular complexity index is 635. The predicted molar refractivity (Wildman–Crippen MR) is 94.8 cm³/mol. The number of amides is 2. The molecule has 2 aliphatic heterocycles. The van der Waals surface area contributed by atoms with Crippen LogP contribution in [0.3, 0.4) is 0 Å². The molecule has 0 atom stereocenters. The van der Waals surface area contributed by atoms with Gasteiger partial charge in [0.15, 0.2) is 0 Å². The Labute approximate surface area is 148 Å². The number of pyridine rings is 1. The van der Waals surface area contributed by atoms with Crippen LogP contribution in [0.2, 0.25) is 0 Å². The van der Waals surface area contributed by atoms with Crippen molar-refractivity contribution in [3.05, 3.63) is 23.4 Å². The molecule has 3 rings (SSSR count). The summed E-state index contributed by atoms with van der Waals surface area (Å²) in [7, 11) is 0. The van der Waals surface area contributed by atoms with Crippen LogP contribution in [-0.4, -0.2) is 64.6 Å². The normalized spacial score (nSPS) is 17.2. The lowest BCUT2D eigenvalue weighted by molar-refractivity contribution is -0.137. The Balaban J connectivity index is 1.46. The zero-order valence-corrected chi connectivity index (χ0v) is 14.5. The van der Waals surface area contributed by atoms with Crippen molar-refractivity contribution in [1.82, 2.24) is 14.8 Å². The summed E-state index contributed by atoms with van der Waals surface area (Å²) in [6.45, 7) is 3.26. The van der Waals surface area contributed by atoms with Gasteiger partial charge in [0, 0.05) is 38.4 Å². The van der Waals surface area contributed by atoms with Crippen LogP contribution in [0.25, 0.3) is 0 Å². The number of fused-ring (bicyclic) bond motifs is 1. The Morgan fingerprint density at radius 2 is 2.00 bits per heavy atom. The van der Waals surface area contributed by atoms with Gasteiger partial charge in [-0.05, 0) is 43.7 Å². The lowest BCUT2D eigenvalue weighted by Gasteiger charge is -2.18. The first-order valence-electron chi connectivity index (χ1n) is 9.12. The molecule has 7 nitrogen and oxygen atoms in total. The monoisotopic (exact) mass is 346 g/mol. The van der Waals surface area contributed by atoms with Crippen molar-refractivity contribution < 1.29 is 14.7 Å². The van der Waals surface area contributed by atoms with Gasteiger partial charge in [-0.25, -0.2) is 9.78 Å². The molecule has 1 fully saturated rings. The fraction of sp³-hybridized carbons (Fsp3) is 0.611. The summed E-state index contributed by atoms with van der Waals surface area (Å²) in [6, 6.07) is 4.22. The fourth-order valence-electron chi connectivity index (χ4n) is 3.40. The number of carbonyl (C=O) groups is 2. The Kier molecular flexibility index (Phi) is 5.73. The van der Waals surface area contributed by atoms with Gasteiger partial charge in [0.2, 0.25) is 0 Å². The first kappa shape index (κ1) is 17.5. The molecule has 2 aliphatic rings. The number of aromatic nitrogens is 1. The fourth-order valence-corrected chi connectivity index (χ4v) is 3.40. The van der Waals surface area contributed by atoms with Crippen LogP contribution in [0.5, 0.6) is 0 Å². The number of rotatable bonds is 7. The maximum Gasteiger partial charge on any atom is 0.320 e. The summed E-state index contributed by atoms with van der Waals surface area (Å²) < 4.78 is 0. The first-order valence-corrected chi connectivity index (χ1v) is 9.12. The second-order valence-electron chi connectivity index (χ2n) is 6.70. The number of aryl methyl sites for hydroxylation is 2. The molecule has 0 unspecified atom stereocenters. The zero-order valence-electron chi connectivity index (χ0n) is 14.5. The van der Waals surface area contributed by atoms with Crippen molar-refractivity contribution in [3.8, 4) is 0 Å². The van der Waals surface area contributed by atoms with Gasteiger partial charge in [0.05, 0.1) is 6.42 Å². The molecular weight excluding hydrogens is 320 g/mol. The molecule has 7 heteroatoms. The number of nitrogens with one attached hydrogen (secondary N) is 1. The molecule has 0 saturated carbocycles. The number of anilines is 1. The molecule has 0 radical (unpaired) electrons. The van der Waals surface area contributed by atoms with Crippen molar-refractivity contribution in [1.29, 1.82) is 0 Å². The number of carboxylic acids is 1. The van der Waals surface area contributed by atoms with E-state index in [2.05, 4.69) is 17.4 Å². The maximum absolute atomic E-state index is 12.2. The van der Waals surface area contributed by atoms with Gasteiger partial charge in [-0.2, -0.15) is 0 Å². The molecule has 1 saturated heterocycles. The molecule has 2 amide bonds. The largest absolute Gasteiger partial charge is 0.481 e. The molecule has 0 aliphatic carbocycles. The third-order valence-electron chi connectivity index (χ3n) is 4.84. The van der Waals surface area contributed by atoms with Gasteiger partial charge in [0.1, 0.15) is 5.82 Å². The third-order valence-corrected chi connectivity index (χ3v) is 4.84. The van der Waals surface area contributed by atoms with E-state index in [-0.39, 0.29) is 12.5 Å². The lowest BCUT2D eigenvalue weighted by Crippen LogP contribution is -2.33. The number of nitrogens with zero attached hydrogens (tertiary/aromatic N) is 3. The van der Waals surface area contributed by atoms with Gasteiger partial charge >= 0.3 is 12.0 Å². The predicted octanol–water partition coefficient (Wildman–Crippen LogP) is 1.97. The molecule has 1 aromatic rings. The second kappa shape index (κ2) is 8.18. The number of carboxylic acid groups (broad SMARTS) is 1. The minimum Gasteiger partial charge on any atom is -0.481 e. The number of carbonyl (C=O) groups excluding carboxylic acids is 1. The first-order chi connectivity index (χ1) is 12.1. The molecule has 136 valence electrons. The molecule has 2 N–H and O–H groups in total. The highest BCUT2D eigenvalue weighted by Crippen LogP contribution is 2.20. The Morgan fingerprint density at radius 3 is 2.80 bits per heavy atom. The summed E-state index contributed by atoms with van der Waals surface area (Å²) in [5.41, 5.74) is 2.35. The highest BCUT2D eigenvalue weighted by atomic mass is 16.4. The molecule has 0 bridgehead atoms. The van der Waals surface area contributed by atoms with Crippen LogP contribution in [0.1, 0.15) is 36.9 Å². The van der Waals surface area contributed by atoms with Gasteiger partial charge < -0.3 is 20.2 Å². The van der Waals surface area contributed by atoms with Crippen molar-refractivity contribution in [2.75, 3.05) is 38.0 Å². The molecule has 0 spiro atoms. The number of hydrogen-bond acceptors (Lipinski definition) is 4. The van der Waals surface area contributed by atoms with E-state index in [1.165, 1.54) is 18.4 Å². The highest BCUT2D eigenvalue weighted by Gasteiger charge is 2.27. The number of hydrogen-bond donors (Lipinski definition) is 2. The molecule has 0 aromatic carbocycles. The molecular formula is C18H26N4O3. The Hall–Kier alpha value is -2.31. The SMILES string of the molecule is O=C(O)CCN1CCN(CCCc2ccc3c(n2)NCCCC3)C1=O. The van der Waals surface area contributed by atoms with E-state index in [1.807, 2.05) is 4.90 Å². The van der Waals surface area contributed by atoms with Crippen molar-refractivity contribution >= 4 is 17.8 Å². The summed E-state index contributed by atoms with van der Waals surface area (Å²) in [5.74, 6) is 0.154. The van der Waals surface area contributed by atoms with E-state index in [1.54, 1.807) is 4.90 Å². The van der Waals surface area contributed by atoms with E-state index in [9.17, 15) is 9.59 Å². The van der Waals surface area contributed by atoms with E-state index in [4.69, 9.17) is 10.1 Å². The third kappa shape index (κ3) is 4.61. The van der Waals surface area contributed by atoms with Gasteiger partial charge in [-0.1, -0.05) is 6.07 Å². The summed E-state index contributed by atoms with van der Waals surface area (Å²) >= 11 is 0. The highest BCUT2D eigenvalue weighted by molar-refractivity contribution is 5.77. The molecule has 25 heavy (non-hydrogen) atoms. The minimum atomic E-state index is -0.867. The van der Waals surface area contributed by atoms with Crippen molar-refractivity contribution in [2.45, 2.75) is 38.5 Å². The van der Waals surface area contributed by atoms with Crippen LogP contribution in [0.4, 0.5) is 10.6 Å². The quantitative estimate of drug-likeness (QED) is 0.788. The van der Waals surface area contributed by atoms with Crippen molar-refractivity contribution in [3.63, 3.8) is 0 Å². The van der Waals surface area contributed by atoms with E-state index >= 15 is 0 Å². The second-order valence-corrected chi connectivity index (χ2v) is 6.70. The molecule has 1 aromatic heterocycles. The average molecular weight is 346 g/mol. The maximum atomic E-state index is 12.2. The van der Waals surface area contributed by atoms with E-state index in [0.717, 1.165) is 37.3 Å². The van der Waals surface area contributed by atoms with Gasteiger partial charge in [-0.3, -0.25) is 4.79 Å². The Morgan fingerprint density at radius 1 is 1.20 bits per heavy atom. The van der Waals surface area contributed by atoms with Crippen LogP contribution in [0.15, 0.2) is 12.1 Å². The topological polar surface area (TPSA) is 85.8 Å². The van der Waals surface area contributed by atoms with Crippen LogP contribution < -0.4 is 5.32 Å². The number of aliphatic carboxylic acids is 1. The van der Waals surface area contributed by atoms with E-state index < -0.39 is 5.97 Å². The smallest absolute Gasteiger partial charge is 0.320 e. The number of urea groups is 1. The van der Waals surface area contributed by atoms with E-state index in [0.29, 0.717) is 26.2 Å². The van der Waals surface area contributed by atoms with Crippen molar-refractivity contribution in [2.24, 2.45) is 0 Å². The van der Waals surface area contributed by atoms with Gasteiger partial charge in [0.25, 0.3) is 0 Å². The zero-order chi connectivity index (χ0) is 17.6. The summed E-state index contributed by atoms with van der Waals surface area (Å²) in [6.07, 6.45) is 5.19. The summed E-state index contributed by atoms with van der Waals surface area (Å²) in [4.78, 5) is 31.0. The van der Waals surface area contributed by atoms with Crippen LogP contribution in [0, 0.1) is 0 Å². The lowest BCUT2D eigenvalue weighted by atomic mass is 10.1. The average Bonchev–Trinajstić information content (AvgIpc) is 2.80. The minimum absolute atomic E-state index is 0.00558. The molecule has 3 heterocycles. The summed E-state index contributed by atoms with van der Waals surface area (Å²) in [5, 5.41) is 12.1. The standard InChI is InChI=1S/C18H26N4O3/c23-16(24)8-11-22-13-12-21(18(22)25)10-3-5-15-7-6-14-4-1-2-9-19-17(14)20-15/h6-7H,1-5,8-13H2,(H,19,20)(H,23,24). The van der Waals surface area contributed by atoms with Crippen LogP contribution >= 0.6 is 0 Å². The van der Waals surface area contributed by atoms with Gasteiger partial charge in [-0.15, -0.1) is 0 Å². The van der Waals surface area contributed by atoms with Crippen LogP contribution in [-0.2, 0) is 17.6 Å².